The molecule has 1 aliphatic rings. The molecule has 2 rings (SSSR count). The largest absolute Gasteiger partial charge is 0.326 e. The summed E-state index contributed by atoms with van der Waals surface area (Å²) in [4.78, 5) is 11.5. The third kappa shape index (κ3) is 2.15. The minimum absolute atomic E-state index is 0.159. The first-order valence-electron chi connectivity index (χ1n) is 4.74. The second kappa shape index (κ2) is 3.73. The Hall–Kier alpha value is -0.830. The predicted molar refractivity (Wildman–Crippen MR) is 60.2 cm³/mol. The smallest absolute Gasteiger partial charge is 0.227 e. The van der Waals surface area contributed by atoms with Gasteiger partial charge in [0.2, 0.25) is 5.91 Å². The lowest BCUT2D eigenvalue weighted by Crippen LogP contribution is -2.14. The van der Waals surface area contributed by atoms with Gasteiger partial charge in [0.15, 0.2) is 0 Å². The molecule has 0 saturated heterocycles. The zero-order valence-corrected chi connectivity index (χ0v) is 9.60. The van der Waals surface area contributed by atoms with Gasteiger partial charge in [0.25, 0.3) is 0 Å². The Kier molecular flexibility index (Phi) is 2.59. The first-order valence-corrected chi connectivity index (χ1v) is 5.53. The fraction of sp³-hybridized carbons (Fsp3) is 0.364. The van der Waals surface area contributed by atoms with Crippen molar-refractivity contribution in [2.24, 2.45) is 5.92 Å². The van der Waals surface area contributed by atoms with E-state index in [0.717, 1.165) is 28.6 Å². The van der Waals surface area contributed by atoms with E-state index in [-0.39, 0.29) is 11.8 Å². The van der Waals surface area contributed by atoms with Gasteiger partial charge in [0.1, 0.15) is 0 Å². The quantitative estimate of drug-likeness (QED) is 0.863. The highest BCUT2D eigenvalue weighted by molar-refractivity contribution is 9.10. The summed E-state index contributed by atoms with van der Waals surface area (Å²) >= 11 is 3.39. The van der Waals surface area contributed by atoms with E-state index in [4.69, 9.17) is 0 Å². The normalized spacial score (nSPS) is 15.3. The van der Waals surface area contributed by atoms with E-state index in [1.54, 1.807) is 0 Å². The van der Waals surface area contributed by atoms with Crippen molar-refractivity contribution in [2.45, 2.75) is 19.8 Å². The molecule has 0 unspecified atom stereocenters. The molecule has 0 spiro atoms. The molecule has 14 heavy (non-hydrogen) atoms. The lowest BCUT2D eigenvalue weighted by Gasteiger charge is -2.07. The average Bonchev–Trinajstić information content (AvgIpc) is 2.94. The van der Waals surface area contributed by atoms with Gasteiger partial charge in [0.05, 0.1) is 0 Å². The van der Waals surface area contributed by atoms with Gasteiger partial charge >= 0.3 is 0 Å². The van der Waals surface area contributed by atoms with E-state index in [1.165, 1.54) is 0 Å². The molecule has 1 aliphatic carbocycles. The van der Waals surface area contributed by atoms with Gasteiger partial charge in [-0.05, 0) is 37.5 Å². The third-order valence-electron chi connectivity index (χ3n) is 2.41. The molecule has 0 radical (unpaired) electrons. The summed E-state index contributed by atoms with van der Waals surface area (Å²) < 4.78 is 0.995. The van der Waals surface area contributed by atoms with Crippen molar-refractivity contribution >= 4 is 27.5 Å². The Morgan fingerprint density at radius 1 is 1.50 bits per heavy atom. The van der Waals surface area contributed by atoms with Gasteiger partial charge in [-0.2, -0.15) is 0 Å². The fourth-order valence-corrected chi connectivity index (χ4v) is 1.67. The molecule has 0 heterocycles. The minimum Gasteiger partial charge on any atom is -0.326 e. The van der Waals surface area contributed by atoms with E-state index >= 15 is 0 Å². The van der Waals surface area contributed by atoms with Gasteiger partial charge in [-0.3, -0.25) is 4.79 Å². The maximum Gasteiger partial charge on any atom is 0.227 e. The van der Waals surface area contributed by atoms with Crippen LogP contribution in [-0.4, -0.2) is 5.91 Å². The molecule has 0 atom stereocenters. The van der Waals surface area contributed by atoms with Crippen LogP contribution in [0.1, 0.15) is 18.4 Å². The summed E-state index contributed by atoms with van der Waals surface area (Å²) in [7, 11) is 0. The van der Waals surface area contributed by atoms with Crippen LogP contribution in [0.4, 0.5) is 5.69 Å². The molecule has 3 heteroatoms. The molecule has 0 aromatic heterocycles. The molecule has 1 amide bonds. The third-order valence-corrected chi connectivity index (χ3v) is 2.90. The van der Waals surface area contributed by atoms with Gasteiger partial charge < -0.3 is 5.32 Å². The van der Waals surface area contributed by atoms with E-state index in [2.05, 4.69) is 21.2 Å². The maximum absolute atomic E-state index is 11.5. The van der Waals surface area contributed by atoms with Gasteiger partial charge in [-0.25, -0.2) is 0 Å². The highest BCUT2D eigenvalue weighted by Crippen LogP contribution is 2.31. The van der Waals surface area contributed by atoms with Crippen LogP contribution in [0.5, 0.6) is 0 Å². The number of amides is 1. The molecule has 1 fully saturated rings. The summed E-state index contributed by atoms with van der Waals surface area (Å²) in [5, 5.41) is 2.94. The maximum atomic E-state index is 11.5. The topological polar surface area (TPSA) is 29.1 Å². The fourth-order valence-electron chi connectivity index (χ4n) is 1.31. The minimum atomic E-state index is 0.159. The average molecular weight is 254 g/mol. The van der Waals surface area contributed by atoms with Crippen LogP contribution in [0.2, 0.25) is 0 Å². The monoisotopic (exact) mass is 253 g/mol. The van der Waals surface area contributed by atoms with Crippen LogP contribution in [-0.2, 0) is 4.79 Å². The molecule has 1 aromatic carbocycles. The summed E-state index contributed by atoms with van der Waals surface area (Å²) in [5.74, 6) is 0.416. The summed E-state index contributed by atoms with van der Waals surface area (Å²) in [6, 6.07) is 5.91. The van der Waals surface area contributed by atoms with Crippen LogP contribution in [0, 0.1) is 12.8 Å². The number of anilines is 1. The van der Waals surface area contributed by atoms with Crippen molar-refractivity contribution in [1.82, 2.24) is 0 Å². The Balaban J connectivity index is 2.14. The Morgan fingerprint density at radius 3 is 2.86 bits per heavy atom. The number of halogens is 1. The van der Waals surface area contributed by atoms with Crippen LogP contribution >= 0.6 is 15.9 Å². The summed E-state index contributed by atoms with van der Waals surface area (Å²) in [5.41, 5.74) is 2.01. The van der Waals surface area contributed by atoms with Crippen LogP contribution in [0.15, 0.2) is 22.7 Å². The van der Waals surface area contributed by atoms with Crippen LogP contribution < -0.4 is 5.32 Å². The number of hydrogen-bond acceptors (Lipinski definition) is 1. The molecule has 2 nitrogen and oxygen atoms in total. The van der Waals surface area contributed by atoms with Crippen molar-refractivity contribution < 1.29 is 4.79 Å². The van der Waals surface area contributed by atoms with Crippen molar-refractivity contribution in [2.75, 3.05) is 5.32 Å². The van der Waals surface area contributed by atoms with Crippen molar-refractivity contribution in [3.8, 4) is 0 Å². The van der Waals surface area contributed by atoms with Crippen molar-refractivity contribution in [3.63, 3.8) is 0 Å². The summed E-state index contributed by atoms with van der Waals surface area (Å²) in [6.45, 7) is 1.99. The molecule has 1 N–H and O–H groups in total. The van der Waals surface area contributed by atoms with Gasteiger partial charge in [-0.15, -0.1) is 0 Å². The van der Waals surface area contributed by atoms with Gasteiger partial charge in [-0.1, -0.05) is 22.0 Å². The molecular formula is C11H12BrNO. The Morgan fingerprint density at radius 2 is 2.21 bits per heavy atom. The molecular weight excluding hydrogens is 242 g/mol. The zero-order valence-electron chi connectivity index (χ0n) is 8.01. The lowest BCUT2D eigenvalue weighted by atomic mass is 10.2. The standard InChI is InChI=1S/C11H12BrNO/c1-7-2-5-9(12)6-10(7)13-11(14)8-3-4-8/h2,5-6,8H,3-4H2,1H3,(H,13,14). The van der Waals surface area contributed by atoms with E-state index in [0.29, 0.717) is 0 Å². The molecule has 1 saturated carbocycles. The number of carbonyl (C=O) groups excluding carboxylic acids is 1. The molecule has 0 aliphatic heterocycles. The van der Waals surface area contributed by atoms with Gasteiger partial charge in [0, 0.05) is 16.1 Å². The molecule has 0 bridgehead atoms. The molecule has 1 aromatic rings. The number of rotatable bonds is 2. The number of aryl methyl sites for hydroxylation is 1. The second-order valence-corrected chi connectivity index (χ2v) is 4.64. The number of nitrogens with one attached hydrogen (secondary N) is 1. The predicted octanol–water partition coefficient (Wildman–Crippen LogP) is 3.11. The highest BCUT2D eigenvalue weighted by atomic mass is 79.9. The van der Waals surface area contributed by atoms with Crippen molar-refractivity contribution in [3.05, 3.63) is 28.2 Å². The summed E-state index contributed by atoms with van der Waals surface area (Å²) in [6.07, 6.45) is 2.08. The lowest BCUT2D eigenvalue weighted by molar-refractivity contribution is -0.117. The van der Waals surface area contributed by atoms with E-state index in [1.807, 2.05) is 25.1 Å². The van der Waals surface area contributed by atoms with E-state index < -0.39 is 0 Å². The Bertz CT molecular complexity index is 372. The first kappa shape index (κ1) is 9.71. The number of carbonyl (C=O) groups is 1. The molecule has 74 valence electrons. The Labute approximate surface area is 91.8 Å². The number of hydrogen-bond donors (Lipinski definition) is 1. The number of benzene rings is 1. The van der Waals surface area contributed by atoms with E-state index in [9.17, 15) is 4.79 Å². The highest BCUT2D eigenvalue weighted by Gasteiger charge is 2.29. The van der Waals surface area contributed by atoms with Crippen LogP contribution in [0.25, 0.3) is 0 Å². The zero-order chi connectivity index (χ0) is 10.1. The second-order valence-electron chi connectivity index (χ2n) is 3.72. The first-order chi connectivity index (χ1) is 6.66. The van der Waals surface area contributed by atoms with Crippen LogP contribution in [0.3, 0.4) is 0 Å². The SMILES string of the molecule is Cc1ccc(Br)cc1NC(=O)C1CC1. The van der Waals surface area contributed by atoms with Crippen molar-refractivity contribution in [1.29, 1.82) is 0 Å².